The van der Waals surface area contributed by atoms with Gasteiger partial charge in [0.1, 0.15) is 0 Å². The molecule has 1 saturated heterocycles. The zero-order chi connectivity index (χ0) is 14.8. The minimum Gasteiger partial charge on any atom is -0.376 e. The lowest BCUT2D eigenvalue weighted by Gasteiger charge is -2.31. The van der Waals surface area contributed by atoms with Crippen LogP contribution in [0.1, 0.15) is 11.9 Å². The first kappa shape index (κ1) is 14.3. The maximum Gasteiger partial charge on any atom is 0.242 e. The van der Waals surface area contributed by atoms with E-state index in [4.69, 9.17) is 4.74 Å². The van der Waals surface area contributed by atoms with E-state index < -0.39 is 0 Å². The smallest absolute Gasteiger partial charge is 0.242 e. The highest BCUT2D eigenvalue weighted by Crippen LogP contribution is 2.24. The Morgan fingerprint density at radius 3 is 3.24 bits per heavy atom. The Balaban J connectivity index is 1.61. The number of hydrogen-bond acceptors (Lipinski definition) is 5. The molecule has 0 spiro atoms. The molecule has 1 aromatic heterocycles. The van der Waals surface area contributed by atoms with Crippen LogP contribution < -0.4 is 5.32 Å². The summed E-state index contributed by atoms with van der Waals surface area (Å²) >= 11 is 1.67. The number of amides is 1. The maximum atomic E-state index is 12.2. The van der Waals surface area contributed by atoms with Gasteiger partial charge in [0.2, 0.25) is 5.91 Å². The second kappa shape index (κ2) is 5.99. The Morgan fingerprint density at radius 2 is 2.43 bits per heavy atom. The second-order valence-electron chi connectivity index (χ2n) is 5.29. The SMILES string of the molecule is Cc1nc2ccc(NCC(=O)N3CCO[C@H](C)C3)cc2s1. The summed E-state index contributed by atoms with van der Waals surface area (Å²) in [6.07, 6.45) is 0.124. The average Bonchev–Trinajstić information content (AvgIpc) is 2.84. The Bertz CT molecular complexity index is 655. The van der Waals surface area contributed by atoms with E-state index in [0.717, 1.165) is 20.9 Å². The molecule has 1 fully saturated rings. The van der Waals surface area contributed by atoms with Gasteiger partial charge in [0.05, 0.1) is 34.5 Å². The fourth-order valence-electron chi connectivity index (χ4n) is 2.48. The number of hydrogen-bond donors (Lipinski definition) is 1. The molecule has 1 N–H and O–H groups in total. The largest absolute Gasteiger partial charge is 0.376 e. The third kappa shape index (κ3) is 3.33. The summed E-state index contributed by atoms with van der Waals surface area (Å²) in [5, 5.41) is 4.26. The minimum absolute atomic E-state index is 0.116. The van der Waals surface area contributed by atoms with Gasteiger partial charge in [-0.15, -0.1) is 11.3 Å². The van der Waals surface area contributed by atoms with Gasteiger partial charge >= 0.3 is 0 Å². The molecule has 112 valence electrons. The van der Waals surface area contributed by atoms with Crippen molar-refractivity contribution in [1.29, 1.82) is 0 Å². The number of ether oxygens (including phenoxy) is 1. The standard InChI is InChI=1S/C15H19N3O2S/c1-10-9-18(5-6-20-10)15(19)8-16-12-3-4-13-14(7-12)21-11(2)17-13/h3-4,7,10,16H,5-6,8-9H2,1-2H3/t10-/m1/s1. The number of aromatic nitrogens is 1. The fourth-order valence-corrected chi connectivity index (χ4v) is 3.35. The van der Waals surface area contributed by atoms with Crippen LogP contribution in [0.15, 0.2) is 18.2 Å². The van der Waals surface area contributed by atoms with E-state index in [-0.39, 0.29) is 12.0 Å². The van der Waals surface area contributed by atoms with Crippen molar-refractivity contribution in [2.75, 3.05) is 31.6 Å². The zero-order valence-electron chi connectivity index (χ0n) is 12.3. The van der Waals surface area contributed by atoms with E-state index in [9.17, 15) is 4.79 Å². The van der Waals surface area contributed by atoms with Crippen LogP contribution in [0.5, 0.6) is 0 Å². The van der Waals surface area contributed by atoms with Crippen LogP contribution >= 0.6 is 11.3 Å². The topological polar surface area (TPSA) is 54.5 Å². The molecule has 3 rings (SSSR count). The predicted molar refractivity (Wildman–Crippen MR) is 84.8 cm³/mol. The Morgan fingerprint density at radius 1 is 1.57 bits per heavy atom. The molecule has 1 atom stereocenters. The number of fused-ring (bicyclic) bond motifs is 1. The van der Waals surface area contributed by atoms with E-state index >= 15 is 0 Å². The van der Waals surface area contributed by atoms with Crippen molar-refractivity contribution in [3.05, 3.63) is 23.2 Å². The molecule has 2 heterocycles. The number of benzene rings is 1. The summed E-state index contributed by atoms with van der Waals surface area (Å²) in [6.45, 7) is 6.29. The number of nitrogens with zero attached hydrogens (tertiary/aromatic N) is 2. The number of aryl methyl sites for hydroxylation is 1. The molecule has 1 amide bonds. The van der Waals surface area contributed by atoms with E-state index in [2.05, 4.69) is 16.4 Å². The first-order valence-corrected chi connectivity index (χ1v) is 7.94. The first-order chi connectivity index (χ1) is 10.1. The molecular formula is C15H19N3O2S. The van der Waals surface area contributed by atoms with Crippen LogP contribution in [-0.2, 0) is 9.53 Å². The summed E-state index contributed by atoms with van der Waals surface area (Å²) in [4.78, 5) is 18.5. The van der Waals surface area contributed by atoms with E-state index in [0.29, 0.717) is 26.2 Å². The average molecular weight is 305 g/mol. The number of thiazole rings is 1. The van der Waals surface area contributed by atoms with Crippen LogP contribution in [0.25, 0.3) is 10.2 Å². The molecule has 1 aliphatic heterocycles. The second-order valence-corrected chi connectivity index (χ2v) is 6.52. The number of morpholine rings is 1. The number of nitrogens with one attached hydrogen (secondary N) is 1. The maximum absolute atomic E-state index is 12.2. The van der Waals surface area contributed by atoms with Crippen LogP contribution in [0.3, 0.4) is 0 Å². The highest BCUT2D eigenvalue weighted by Gasteiger charge is 2.20. The van der Waals surface area contributed by atoms with Crippen molar-refractivity contribution in [2.45, 2.75) is 20.0 Å². The van der Waals surface area contributed by atoms with Gasteiger partial charge in [-0.1, -0.05) is 0 Å². The minimum atomic E-state index is 0.116. The van der Waals surface area contributed by atoms with Crippen molar-refractivity contribution in [1.82, 2.24) is 9.88 Å². The molecule has 21 heavy (non-hydrogen) atoms. The summed E-state index contributed by atoms with van der Waals surface area (Å²) in [7, 11) is 0. The van der Waals surface area contributed by atoms with Crippen molar-refractivity contribution in [2.24, 2.45) is 0 Å². The molecule has 0 saturated carbocycles. The number of carbonyl (C=O) groups is 1. The number of rotatable bonds is 3. The van der Waals surface area contributed by atoms with Gasteiger partial charge in [0.15, 0.2) is 0 Å². The Labute approximate surface area is 127 Å². The van der Waals surface area contributed by atoms with E-state index in [1.165, 1.54) is 0 Å². The highest BCUT2D eigenvalue weighted by atomic mass is 32.1. The van der Waals surface area contributed by atoms with Gasteiger partial charge in [-0.25, -0.2) is 4.98 Å². The normalized spacial score (nSPS) is 19.0. The van der Waals surface area contributed by atoms with Gasteiger partial charge in [-0.05, 0) is 32.0 Å². The molecule has 0 aliphatic carbocycles. The summed E-state index contributed by atoms with van der Waals surface area (Å²) in [5.41, 5.74) is 1.97. The third-order valence-corrected chi connectivity index (χ3v) is 4.47. The number of anilines is 1. The van der Waals surface area contributed by atoms with Gasteiger partial charge in [0.25, 0.3) is 0 Å². The molecular weight excluding hydrogens is 286 g/mol. The van der Waals surface area contributed by atoms with Gasteiger partial charge in [-0.3, -0.25) is 4.79 Å². The van der Waals surface area contributed by atoms with Crippen molar-refractivity contribution in [3.8, 4) is 0 Å². The first-order valence-electron chi connectivity index (χ1n) is 7.12. The zero-order valence-corrected chi connectivity index (χ0v) is 13.1. The summed E-state index contributed by atoms with van der Waals surface area (Å²) in [5.74, 6) is 0.116. The lowest BCUT2D eigenvalue weighted by Crippen LogP contribution is -2.46. The lowest BCUT2D eigenvalue weighted by molar-refractivity contribution is -0.136. The van der Waals surface area contributed by atoms with Crippen molar-refractivity contribution >= 4 is 33.1 Å². The quantitative estimate of drug-likeness (QED) is 0.945. The van der Waals surface area contributed by atoms with Gasteiger partial charge in [0, 0.05) is 18.8 Å². The van der Waals surface area contributed by atoms with Crippen LogP contribution in [0.2, 0.25) is 0 Å². The highest BCUT2D eigenvalue weighted by molar-refractivity contribution is 7.18. The number of carbonyl (C=O) groups excluding carboxylic acids is 1. The van der Waals surface area contributed by atoms with Crippen LogP contribution in [0, 0.1) is 6.92 Å². The lowest BCUT2D eigenvalue weighted by atomic mass is 10.2. The van der Waals surface area contributed by atoms with Gasteiger partial charge < -0.3 is 15.0 Å². The molecule has 1 aromatic carbocycles. The summed E-state index contributed by atoms with van der Waals surface area (Å²) < 4.78 is 6.60. The van der Waals surface area contributed by atoms with Crippen LogP contribution in [-0.4, -0.2) is 48.1 Å². The molecule has 6 heteroatoms. The fraction of sp³-hybridized carbons (Fsp3) is 0.467. The van der Waals surface area contributed by atoms with Crippen molar-refractivity contribution < 1.29 is 9.53 Å². The molecule has 2 aromatic rings. The van der Waals surface area contributed by atoms with E-state index in [1.54, 1.807) is 11.3 Å². The Kier molecular flexibility index (Phi) is 4.07. The van der Waals surface area contributed by atoms with Crippen LogP contribution in [0.4, 0.5) is 5.69 Å². The molecule has 0 radical (unpaired) electrons. The molecule has 1 aliphatic rings. The monoisotopic (exact) mass is 305 g/mol. The predicted octanol–water partition coefficient (Wildman–Crippen LogP) is 2.26. The van der Waals surface area contributed by atoms with Crippen molar-refractivity contribution in [3.63, 3.8) is 0 Å². The molecule has 0 unspecified atom stereocenters. The molecule has 5 nitrogen and oxygen atoms in total. The molecule has 0 bridgehead atoms. The summed E-state index contributed by atoms with van der Waals surface area (Å²) in [6, 6.07) is 6.01. The Hall–Kier alpha value is -1.66. The third-order valence-electron chi connectivity index (χ3n) is 3.53. The van der Waals surface area contributed by atoms with Gasteiger partial charge in [-0.2, -0.15) is 0 Å². The van der Waals surface area contributed by atoms with E-state index in [1.807, 2.05) is 30.9 Å².